The van der Waals surface area contributed by atoms with Crippen LogP contribution < -0.4 is 5.32 Å². The van der Waals surface area contributed by atoms with Crippen LogP contribution in [0.5, 0.6) is 0 Å². The summed E-state index contributed by atoms with van der Waals surface area (Å²) in [6.07, 6.45) is -2.69. The third-order valence-electron chi connectivity index (χ3n) is 4.10. The summed E-state index contributed by atoms with van der Waals surface area (Å²) in [5.41, 5.74) is 0. The maximum Gasteiger partial charge on any atom is 0.393 e. The molecule has 1 aliphatic carbocycles. The standard InChI is InChI=1S/C12H18F5N/c13-11(14)4-3-8(6-11)5-10-2-1-9(7-18-10)12(15,16)17/h8-10,18H,1-7H2. The van der Waals surface area contributed by atoms with Gasteiger partial charge in [-0.3, -0.25) is 0 Å². The zero-order valence-electron chi connectivity index (χ0n) is 10.1. The molecule has 3 atom stereocenters. The lowest BCUT2D eigenvalue weighted by Gasteiger charge is -2.32. The molecule has 1 nitrogen and oxygen atoms in total. The van der Waals surface area contributed by atoms with Crippen LogP contribution in [0.15, 0.2) is 0 Å². The lowest BCUT2D eigenvalue weighted by atomic mass is 9.88. The Morgan fingerprint density at radius 1 is 1.11 bits per heavy atom. The fourth-order valence-corrected chi connectivity index (χ4v) is 3.04. The van der Waals surface area contributed by atoms with Crippen LogP contribution in [-0.2, 0) is 0 Å². The van der Waals surface area contributed by atoms with Crippen LogP contribution >= 0.6 is 0 Å². The Hall–Kier alpha value is -0.390. The van der Waals surface area contributed by atoms with Gasteiger partial charge in [0.25, 0.3) is 0 Å². The quantitative estimate of drug-likeness (QED) is 0.754. The molecule has 106 valence electrons. The fraction of sp³-hybridized carbons (Fsp3) is 1.00. The van der Waals surface area contributed by atoms with Gasteiger partial charge in [0.2, 0.25) is 5.92 Å². The molecular weight excluding hydrogens is 253 g/mol. The van der Waals surface area contributed by atoms with E-state index in [1.807, 2.05) is 0 Å². The molecule has 18 heavy (non-hydrogen) atoms. The van der Waals surface area contributed by atoms with Gasteiger partial charge in [0.05, 0.1) is 5.92 Å². The second-order valence-corrected chi connectivity index (χ2v) is 5.62. The molecule has 2 aliphatic rings. The van der Waals surface area contributed by atoms with Crippen LogP contribution in [0.2, 0.25) is 0 Å². The molecule has 0 aromatic heterocycles. The van der Waals surface area contributed by atoms with Gasteiger partial charge < -0.3 is 5.32 Å². The largest absolute Gasteiger partial charge is 0.393 e. The smallest absolute Gasteiger partial charge is 0.313 e. The van der Waals surface area contributed by atoms with Gasteiger partial charge in [0.1, 0.15) is 0 Å². The van der Waals surface area contributed by atoms with Crippen LogP contribution in [0, 0.1) is 11.8 Å². The van der Waals surface area contributed by atoms with Crippen LogP contribution in [0.4, 0.5) is 22.0 Å². The van der Waals surface area contributed by atoms with Crippen LogP contribution in [-0.4, -0.2) is 24.7 Å². The van der Waals surface area contributed by atoms with E-state index in [1.54, 1.807) is 0 Å². The molecule has 2 rings (SSSR count). The Labute approximate surface area is 103 Å². The molecular formula is C12H18F5N. The number of rotatable bonds is 2. The van der Waals surface area contributed by atoms with Crippen molar-refractivity contribution in [3.05, 3.63) is 0 Å². The molecule has 3 unspecified atom stereocenters. The molecule has 0 radical (unpaired) electrons. The summed E-state index contributed by atoms with van der Waals surface area (Å²) in [6.45, 7) is -0.0721. The molecule has 1 saturated heterocycles. The summed E-state index contributed by atoms with van der Waals surface area (Å²) < 4.78 is 63.3. The fourth-order valence-electron chi connectivity index (χ4n) is 3.04. The average Bonchev–Trinajstić information content (AvgIpc) is 2.57. The second kappa shape index (κ2) is 4.94. The third-order valence-corrected chi connectivity index (χ3v) is 4.10. The SMILES string of the molecule is FC1(F)CCC(CC2CCC(C(F)(F)F)CN2)C1. The summed E-state index contributed by atoms with van der Waals surface area (Å²) in [6, 6.07) is -0.0255. The second-order valence-electron chi connectivity index (χ2n) is 5.62. The number of alkyl halides is 5. The molecule has 6 heteroatoms. The highest BCUT2D eigenvalue weighted by atomic mass is 19.4. The number of halogens is 5. The Morgan fingerprint density at radius 3 is 2.28 bits per heavy atom. The lowest BCUT2D eigenvalue weighted by molar-refractivity contribution is -0.179. The Kier molecular flexibility index (Phi) is 3.85. The highest BCUT2D eigenvalue weighted by Gasteiger charge is 2.43. The zero-order valence-corrected chi connectivity index (χ0v) is 10.1. The van der Waals surface area contributed by atoms with E-state index in [0.717, 1.165) is 0 Å². The predicted octanol–water partition coefficient (Wildman–Crippen LogP) is 3.74. The van der Waals surface area contributed by atoms with Gasteiger partial charge in [-0.2, -0.15) is 13.2 Å². The molecule has 1 aliphatic heterocycles. The summed E-state index contributed by atoms with van der Waals surface area (Å²) in [7, 11) is 0. The minimum Gasteiger partial charge on any atom is -0.313 e. The molecule has 0 aromatic rings. The summed E-state index contributed by atoms with van der Waals surface area (Å²) >= 11 is 0. The lowest BCUT2D eigenvalue weighted by Crippen LogP contribution is -2.44. The van der Waals surface area contributed by atoms with Gasteiger partial charge in [-0.05, 0) is 31.6 Å². The molecule has 0 aromatic carbocycles. The van der Waals surface area contributed by atoms with E-state index in [9.17, 15) is 22.0 Å². The predicted molar refractivity (Wildman–Crippen MR) is 57.5 cm³/mol. The van der Waals surface area contributed by atoms with Crippen molar-refractivity contribution in [2.24, 2.45) is 11.8 Å². The Bertz CT molecular complexity index is 281. The highest BCUT2D eigenvalue weighted by Crippen LogP contribution is 2.42. The molecule has 1 N–H and O–H groups in total. The van der Waals surface area contributed by atoms with E-state index < -0.39 is 18.0 Å². The van der Waals surface area contributed by atoms with Crippen LogP contribution in [0.1, 0.15) is 38.5 Å². The van der Waals surface area contributed by atoms with Crippen molar-refractivity contribution in [3.63, 3.8) is 0 Å². The topological polar surface area (TPSA) is 12.0 Å². The summed E-state index contributed by atoms with van der Waals surface area (Å²) in [5, 5.41) is 2.87. The van der Waals surface area contributed by atoms with Gasteiger partial charge in [-0.1, -0.05) is 0 Å². The first-order valence-electron chi connectivity index (χ1n) is 6.44. The zero-order chi connectivity index (χ0) is 13.4. The van der Waals surface area contributed by atoms with E-state index in [-0.39, 0.29) is 37.8 Å². The van der Waals surface area contributed by atoms with Crippen molar-refractivity contribution in [1.29, 1.82) is 0 Å². The van der Waals surface area contributed by atoms with Crippen LogP contribution in [0.25, 0.3) is 0 Å². The number of hydrogen-bond acceptors (Lipinski definition) is 1. The highest BCUT2D eigenvalue weighted by molar-refractivity contribution is 4.87. The summed E-state index contributed by atoms with van der Waals surface area (Å²) in [4.78, 5) is 0. The van der Waals surface area contributed by atoms with Crippen molar-refractivity contribution >= 4 is 0 Å². The first-order valence-corrected chi connectivity index (χ1v) is 6.44. The maximum absolute atomic E-state index is 13.0. The van der Waals surface area contributed by atoms with Crippen LogP contribution in [0.3, 0.4) is 0 Å². The third kappa shape index (κ3) is 3.56. The Morgan fingerprint density at radius 2 is 1.83 bits per heavy atom. The van der Waals surface area contributed by atoms with Crippen molar-refractivity contribution in [3.8, 4) is 0 Å². The van der Waals surface area contributed by atoms with E-state index in [1.165, 1.54) is 0 Å². The van der Waals surface area contributed by atoms with Gasteiger partial charge in [-0.25, -0.2) is 8.78 Å². The van der Waals surface area contributed by atoms with Crippen molar-refractivity contribution in [2.45, 2.75) is 56.7 Å². The monoisotopic (exact) mass is 271 g/mol. The molecule has 0 spiro atoms. The molecule has 0 bridgehead atoms. The number of hydrogen-bond donors (Lipinski definition) is 1. The molecule has 0 amide bonds. The first kappa shape index (κ1) is 14.0. The van der Waals surface area contributed by atoms with Crippen molar-refractivity contribution in [1.82, 2.24) is 5.32 Å². The normalized spacial score (nSPS) is 36.8. The average molecular weight is 271 g/mol. The van der Waals surface area contributed by atoms with E-state index in [0.29, 0.717) is 19.3 Å². The minimum absolute atomic E-state index is 0.0255. The Balaban J connectivity index is 1.74. The van der Waals surface area contributed by atoms with E-state index in [2.05, 4.69) is 5.32 Å². The van der Waals surface area contributed by atoms with Crippen molar-refractivity contribution < 1.29 is 22.0 Å². The molecule has 2 fully saturated rings. The van der Waals surface area contributed by atoms with E-state index >= 15 is 0 Å². The van der Waals surface area contributed by atoms with E-state index in [4.69, 9.17) is 0 Å². The number of piperidine rings is 1. The molecule has 1 saturated carbocycles. The van der Waals surface area contributed by atoms with Crippen molar-refractivity contribution in [2.75, 3.05) is 6.54 Å². The maximum atomic E-state index is 13.0. The summed E-state index contributed by atoms with van der Waals surface area (Å²) in [5.74, 6) is -3.88. The minimum atomic E-state index is -4.14. The molecule has 1 heterocycles. The first-order chi connectivity index (χ1) is 8.26. The van der Waals surface area contributed by atoms with Gasteiger partial charge in [-0.15, -0.1) is 0 Å². The van der Waals surface area contributed by atoms with Gasteiger partial charge in [0, 0.05) is 25.4 Å². The van der Waals surface area contributed by atoms with Gasteiger partial charge >= 0.3 is 6.18 Å². The number of nitrogens with one attached hydrogen (secondary N) is 1. The van der Waals surface area contributed by atoms with Gasteiger partial charge in [0.15, 0.2) is 0 Å².